The standard InChI is InChI=1S/C23H30FN3O5/c24-19-1-3-20(4-2-19)31-14-11-25-5-7-26(8-6-25)16-21-22(28)18(17-32-23(21)29)15-27-9-12-30-13-10-27/h1-4,17,28H,5-16H2. The first-order valence-electron chi connectivity index (χ1n) is 11.0. The van der Waals surface area contributed by atoms with Gasteiger partial charge in [-0.05, 0) is 24.3 Å². The summed E-state index contributed by atoms with van der Waals surface area (Å²) in [7, 11) is 0. The molecule has 1 aromatic carbocycles. The Morgan fingerprint density at radius 2 is 1.59 bits per heavy atom. The molecule has 2 aliphatic rings. The van der Waals surface area contributed by atoms with Gasteiger partial charge in [0.2, 0.25) is 0 Å². The molecule has 174 valence electrons. The highest BCUT2D eigenvalue weighted by molar-refractivity contribution is 5.36. The highest BCUT2D eigenvalue weighted by Crippen LogP contribution is 2.23. The van der Waals surface area contributed by atoms with Crippen molar-refractivity contribution < 1.29 is 23.4 Å². The zero-order chi connectivity index (χ0) is 22.3. The minimum atomic E-state index is -0.483. The molecule has 0 unspecified atom stereocenters. The van der Waals surface area contributed by atoms with Crippen LogP contribution in [-0.4, -0.2) is 85.4 Å². The highest BCUT2D eigenvalue weighted by atomic mass is 19.1. The van der Waals surface area contributed by atoms with Crippen LogP contribution in [0.3, 0.4) is 0 Å². The van der Waals surface area contributed by atoms with Gasteiger partial charge in [0.05, 0.1) is 18.8 Å². The monoisotopic (exact) mass is 447 g/mol. The maximum absolute atomic E-state index is 13.0. The third-order valence-electron chi connectivity index (χ3n) is 5.98. The molecule has 0 spiro atoms. The van der Waals surface area contributed by atoms with Crippen LogP contribution in [0, 0.1) is 5.82 Å². The molecule has 2 aromatic rings. The molecule has 8 nitrogen and oxygen atoms in total. The SMILES string of the molecule is O=c1occ(CN2CCOCC2)c(O)c1CN1CCN(CCOc2ccc(F)cc2)CC1. The maximum atomic E-state index is 13.0. The van der Waals surface area contributed by atoms with Gasteiger partial charge >= 0.3 is 5.63 Å². The first-order valence-corrected chi connectivity index (χ1v) is 11.0. The molecule has 0 bridgehead atoms. The van der Waals surface area contributed by atoms with Gasteiger partial charge in [-0.15, -0.1) is 0 Å². The van der Waals surface area contributed by atoms with Crippen LogP contribution < -0.4 is 10.4 Å². The fraction of sp³-hybridized carbons (Fsp3) is 0.522. The lowest BCUT2D eigenvalue weighted by molar-refractivity contribution is 0.0335. The summed E-state index contributed by atoms with van der Waals surface area (Å²) >= 11 is 0. The van der Waals surface area contributed by atoms with Crippen LogP contribution in [0.1, 0.15) is 11.1 Å². The van der Waals surface area contributed by atoms with Crippen molar-refractivity contribution >= 4 is 0 Å². The fourth-order valence-electron chi connectivity index (χ4n) is 4.01. The van der Waals surface area contributed by atoms with Crippen molar-refractivity contribution in [2.75, 3.05) is 65.6 Å². The van der Waals surface area contributed by atoms with Gasteiger partial charge in [-0.3, -0.25) is 14.7 Å². The largest absolute Gasteiger partial charge is 0.507 e. The molecule has 2 aliphatic heterocycles. The number of halogens is 1. The number of rotatable bonds is 8. The minimum absolute atomic E-state index is 0.0443. The predicted molar refractivity (Wildman–Crippen MR) is 116 cm³/mol. The van der Waals surface area contributed by atoms with Gasteiger partial charge in [-0.25, -0.2) is 9.18 Å². The third kappa shape index (κ3) is 6.07. The second-order valence-electron chi connectivity index (χ2n) is 8.18. The first kappa shape index (κ1) is 22.7. The smallest absolute Gasteiger partial charge is 0.343 e. The average Bonchev–Trinajstić information content (AvgIpc) is 2.81. The fourth-order valence-corrected chi connectivity index (χ4v) is 4.01. The second kappa shape index (κ2) is 10.9. The Morgan fingerprint density at radius 1 is 0.938 bits per heavy atom. The molecular formula is C23H30FN3O5. The lowest BCUT2D eigenvalue weighted by atomic mass is 10.1. The van der Waals surface area contributed by atoms with Gasteiger partial charge in [0.25, 0.3) is 0 Å². The van der Waals surface area contributed by atoms with Crippen LogP contribution in [0.25, 0.3) is 0 Å². The van der Waals surface area contributed by atoms with Crippen molar-refractivity contribution in [3.05, 3.63) is 57.9 Å². The maximum Gasteiger partial charge on any atom is 0.343 e. The summed E-state index contributed by atoms with van der Waals surface area (Å²) in [4.78, 5) is 18.9. The minimum Gasteiger partial charge on any atom is -0.507 e. The zero-order valence-corrected chi connectivity index (χ0v) is 18.2. The van der Waals surface area contributed by atoms with Gasteiger partial charge in [-0.1, -0.05) is 0 Å². The van der Waals surface area contributed by atoms with E-state index in [0.717, 1.165) is 45.8 Å². The Morgan fingerprint density at radius 3 is 2.31 bits per heavy atom. The molecule has 4 rings (SSSR count). The molecule has 0 radical (unpaired) electrons. The third-order valence-corrected chi connectivity index (χ3v) is 5.98. The van der Waals surface area contributed by atoms with Gasteiger partial charge in [0.15, 0.2) is 0 Å². The van der Waals surface area contributed by atoms with E-state index in [4.69, 9.17) is 13.9 Å². The van der Waals surface area contributed by atoms with E-state index in [-0.39, 0.29) is 11.6 Å². The number of benzene rings is 1. The lowest BCUT2D eigenvalue weighted by Crippen LogP contribution is -2.47. The molecule has 0 saturated carbocycles. The molecule has 0 aliphatic carbocycles. The van der Waals surface area contributed by atoms with E-state index < -0.39 is 5.63 Å². The van der Waals surface area contributed by atoms with E-state index in [1.807, 2.05) is 0 Å². The predicted octanol–water partition coefficient (Wildman–Crippen LogP) is 1.51. The number of hydrogen-bond acceptors (Lipinski definition) is 8. The summed E-state index contributed by atoms with van der Waals surface area (Å²) < 4.78 is 29.2. The first-order chi connectivity index (χ1) is 15.6. The molecule has 2 saturated heterocycles. The Balaban J connectivity index is 1.25. The Kier molecular flexibility index (Phi) is 7.75. The lowest BCUT2D eigenvalue weighted by Gasteiger charge is -2.34. The van der Waals surface area contributed by atoms with Crippen molar-refractivity contribution in [2.24, 2.45) is 0 Å². The Hall–Kier alpha value is -2.46. The zero-order valence-electron chi connectivity index (χ0n) is 18.2. The summed E-state index contributed by atoms with van der Waals surface area (Å²) in [6.07, 6.45) is 1.37. The quantitative estimate of drug-likeness (QED) is 0.653. The van der Waals surface area contributed by atoms with Crippen LogP contribution in [0.15, 0.2) is 39.7 Å². The number of morpholine rings is 1. The number of aromatic hydroxyl groups is 1. The summed E-state index contributed by atoms with van der Waals surface area (Å²) in [5.74, 6) is 0.423. The molecule has 1 N–H and O–H groups in total. The van der Waals surface area contributed by atoms with E-state index in [9.17, 15) is 14.3 Å². The van der Waals surface area contributed by atoms with Gasteiger partial charge < -0.3 is 19.0 Å². The van der Waals surface area contributed by atoms with Crippen LogP contribution in [0.4, 0.5) is 4.39 Å². The van der Waals surface area contributed by atoms with E-state index in [1.165, 1.54) is 18.4 Å². The average molecular weight is 448 g/mol. The number of nitrogens with zero attached hydrogens (tertiary/aromatic N) is 3. The van der Waals surface area contributed by atoms with Crippen molar-refractivity contribution in [3.8, 4) is 11.5 Å². The van der Waals surface area contributed by atoms with Gasteiger partial charge in [0.1, 0.15) is 30.2 Å². The van der Waals surface area contributed by atoms with E-state index in [2.05, 4.69) is 14.7 Å². The van der Waals surface area contributed by atoms with Gasteiger partial charge in [-0.2, -0.15) is 0 Å². The summed E-state index contributed by atoms with van der Waals surface area (Å²) in [6, 6.07) is 6.02. The Labute approximate surface area is 186 Å². The Bertz CT molecular complexity index is 922. The number of hydrogen-bond donors (Lipinski definition) is 1. The number of ether oxygens (including phenoxy) is 2. The van der Waals surface area contributed by atoms with Gasteiger partial charge in [0, 0.05) is 64.5 Å². The summed E-state index contributed by atoms with van der Waals surface area (Å²) in [5.41, 5.74) is 0.477. The van der Waals surface area contributed by atoms with Crippen molar-refractivity contribution in [1.29, 1.82) is 0 Å². The van der Waals surface area contributed by atoms with Crippen LogP contribution >= 0.6 is 0 Å². The molecule has 1 aromatic heterocycles. The normalized spacial score (nSPS) is 18.7. The van der Waals surface area contributed by atoms with Crippen molar-refractivity contribution in [1.82, 2.24) is 14.7 Å². The van der Waals surface area contributed by atoms with E-state index in [0.29, 0.717) is 49.8 Å². The molecule has 0 atom stereocenters. The van der Waals surface area contributed by atoms with Crippen LogP contribution in [0.2, 0.25) is 0 Å². The van der Waals surface area contributed by atoms with Crippen molar-refractivity contribution in [3.63, 3.8) is 0 Å². The second-order valence-corrected chi connectivity index (χ2v) is 8.18. The van der Waals surface area contributed by atoms with Crippen molar-refractivity contribution in [2.45, 2.75) is 13.1 Å². The molecule has 3 heterocycles. The summed E-state index contributed by atoms with van der Waals surface area (Å²) in [5, 5.41) is 10.7. The highest BCUT2D eigenvalue weighted by Gasteiger charge is 2.22. The molecular weight excluding hydrogens is 417 g/mol. The topological polar surface area (TPSA) is 78.6 Å². The molecule has 2 fully saturated rings. The van der Waals surface area contributed by atoms with Crippen LogP contribution in [-0.2, 0) is 17.8 Å². The summed E-state index contributed by atoms with van der Waals surface area (Å²) in [6.45, 7) is 8.37. The van der Waals surface area contributed by atoms with Crippen LogP contribution in [0.5, 0.6) is 11.5 Å². The van der Waals surface area contributed by atoms with E-state index in [1.54, 1.807) is 12.1 Å². The molecule has 32 heavy (non-hydrogen) atoms. The number of piperazine rings is 1. The molecule has 9 heteroatoms. The van der Waals surface area contributed by atoms with E-state index >= 15 is 0 Å². The molecule has 0 amide bonds.